The normalized spacial score (nSPS) is 19.0. The third kappa shape index (κ3) is 3.82. The summed E-state index contributed by atoms with van der Waals surface area (Å²) in [5.74, 6) is 1.76. The van der Waals surface area contributed by atoms with Crippen LogP contribution in [0.5, 0.6) is 0 Å². The van der Waals surface area contributed by atoms with Crippen molar-refractivity contribution in [1.82, 2.24) is 19.2 Å². The molecule has 1 atom stereocenters. The lowest BCUT2D eigenvalue weighted by Crippen LogP contribution is -2.47. The molecule has 3 heterocycles. The Morgan fingerprint density at radius 1 is 1.43 bits per heavy atom. The van der Waals surface area contributed by atoms with Crippen molar-refractivity contribution in [3.63, 3.8) is 0 Å². The van der Waals surface area contributed by atoms with Gasteiger partial charge in [-0.1, -0.05) is 0 Å². The van der Waals surface area contributed by atoms with Crippen LogP contribution in [0.25, 0.3) is 0 Å². The van der Waals surface area contributed by atoms with Gasteiger partial charge >= 0.3 is 0 Å². The van der Waals surface area contributed by atoms with Crippen molar-refractivity contribution in [2.24, 2.45) is 7.05 Å². The maximum Gasteiger partial charge on any atom is 0.208 e. The number of furan rings is 1. The SMILES string of the molecule is Cc1ccc(CN2Cc3ncn(C)c3CC2CNS(C)(=O)=O)o1. The van der Waals surface area contributed by atoms with E-state index in [9.17, 15) is 8.42 Å². The van der Waals surface area contributed by atoms with Gasteiger partial charge in [0.2, 0.25) is 10.0 Å². The predicted molar refractivity (Wildman–Crippen MR) is 86.2 cm³/mol. The number of imidazole rings is 1. The number of hydrogen-bond donors (Lipinski definition) is 1. The minimum Gasteiger partial charge on any atom is -0.465 e. The van der Waals surface area contributed by atoms with E-state index in [0.29, 0.717) is 19.6 Å². The van der Waals surface area contributed by atoms with E-state index < -0.39 is 10.0 Å². The average molecular weight is 338 g/mol. The molecular weight excluding hydrogens is 316 g/mol. The fourth-order valence-corrected chi connectivity index (χ4v) is 3.47. The van der Waals surface area contributed by atoms with E-state index >= 15 is 0 Å². The van der Waals surface area contributed by atoms with E-state index in [1.54, 1.807) is 0 Å². The van der Waals surface area contributed by atoms with Gasteiger partial charge in [0.05, 0.1) is 24.8 Å². The van der Waals surface area contributed by atoms with Gasteiger partial charge in [0.1, 0.15) is 11.5 Å². The van der Waals surface area contributed by atoms with Crippen LogP contribution in [0.1, 0.15) is 22.9 Å². The lowest BCUT2D eigenvalue weighted by molar-refractivity contribution is 0.147. The molecule has 1 unspecified atom stereocenters. The Bertz CT molecular complexity index is 794. The molecule has 7 nitrogen and oxygen atoms in total. The highest BCUT2D eigenvalue weighted by Crippen LogP contribution is 2.24. The molecule has 23 heavy (non-hydrogen) atoms. The first-order chi connectivity index (χ1) is 10.8. The Hall–Kier alpha value is -1.64. The van der Waals surface area contributed by atoms with E-state index in [4.69, 9.17) is 4.42 Å². The summed E-state index contributed by atoms with van der Waals surface area (Å²) in [6.45, 7) is 3.62. The van der Waals surface area contributed by atoms with Crippen molar-refractivity contribution in [2.75, 3.05) is 12.8 Å². The maximum atomic E-state index is 11.4. The molecule has 1 aliphatic heterocycles. The molecule has 0 amide bonds. The Balaban J connectivity index is 1.80. The van der Waals surface area contributed by atoms with Crippen molar-refractivity contribution >= 4 is 10.0 Å². The number of aromatic nitrogens is 2. The standard InChI is InChI=1S/C15H22N4O3S/c1-11-4-5-13(22-11)8-19-9-14-15(18(2)10-16-14)6-12(19)7-17-23(3,20)21/h4-5,10,12,17H,6-9H2,1-3H3. The van der Waals surface area contributed by atoms with E-state index in [2.05, 4.69) is 14.6 Å². The highest BCUT2D eigenvalue weighted by atomic mass is 32.2. The molecule has 8 heteroatoms. The molecular formula is C15H22N4O3S. The van der Waals surface area contributed by atoms with Gasteiger partial charge in [-0.15, -0.1) is 0 Å². The van der Waals surface area contributed by atoms with E-state index in [-0.39, 0.29) is 6.04 Å². The molecule has 0 aliphatic carbocycles. The summed E-state index contributed by atoms with van der Waals surface area (Å²) in [6.07, 6.45) is 3.76. The lowest BCUT2D eigenvalue weighted by atomic mass is 10.0. The minimum atomic E-state index is -3.21. The van der Waals surface area contributed by atoms with Gasteiger partial charge in [-0.05, 0) is 19.1 Å². The molecule has 0 spiro atoms. The van der Waals surface area contributed by atoms with Gasteiger partial charge in [-0.25, -0.2) is 18.1 Å². The number of nitrogens with one attached hydrogen (secondary N) is 1. The summed E-state index contributed by atoms with van der Waals surface area (Å²) in [5, 5.41) is 0. The second-order valence-electron chi connectivity index (χ2n) is 6.14. The number of hydrogen-bond acceptors (Lipinski definition) is 5. The molecule has 1 N–H and O–H groups in total. The van der Waals surface area contributed by atoms with Gasteiger partial charge in [0.15, 0.2) is 0 Å². The van der Waals surface area contributed by atoms with Crippen molar-refractivity contribution < 1.29 is 12.8 Å². The Morgan fingerprint density at radius 3 is 2.87 bits per heavy atom. The number of sulfonamides is 1. The van der Waals surface area contributed by atoms with Crippen LogP contribution in [0.4, 0.5) is 0 Å². The van der Waals surface area contributed by atoms with E-state index in [0.717, 1.165) is 29.3 Å². The molecule has 0 radical (unpaired) electrons. The quantitative estimate of drug-likeness (QED) is 0.872. The highest BCUT2D eigenvalue weighted by Gasteiger charge is 2.30. The second-order valence-corrected chi connectivity index (χ2v) is 7.98. The average Bonchev–Trinajstić information content (AvgIpc) is 3.02. The lowest BCUT2D eigenvalue weighted by Gasteiger charge is -2.34. The third-order valence-electron chi connectivity index (χ3n) is 4.18. The molecule has 0 aromatic carbocycles. The summed E-state index contributed by atoms with van der Waals surface area (Å²) in [7, 11) is -1.24. The van der Waals surface area contributed by atoms with Crippen LogP contribution in [0.15, 0.2) is 22.9 Å². The number of aryl methyl sites for hydroxylation is 2. The molecule has 0 bridgehead atoms. The third-order valence-corrected chi connectivity index (χ3v) is 4.87. The van der Waals surface area contributed by atoms with Crippen LogP contribution >= 0.6 is 0 Å². The molecule has 0 saturated heterocycles. The summed E-state index contributed by atoms with van der Waals surface area (Å²) in [6, 6.07) is 3.97. The number of nitrogens with zero attached hydrogens (tertiary/aromatic N) is 3. The smallest absolute Gasteiger partial charge is 0.208 e. The number of fused-ring (bicyclic) bond motifs is 1. The fraction of sp³-hybridized carbons (Fsp3) is 0.533. The Kier molecular flexibility index (Phi) is 4.31. The molecule has 2 aromatic heterocycles. The first-order valence-electron chi connectivity index (χ1n) is 7.55. The van der Waals surface area contributed by atoms with Crippen LogP contribution < -0.4 is 4.72 Å². The van der Waals surface area contributed by atoms with Crippen molar-refractivity contribution in [2.45, 2.75) is 32.5 Å². The highest BCUT2D eigenvalue weighted by molar-refractivity contribution is 7.88. The van der Waals surface area contributed by atoms with Crippen molar-refractivity contribution in [3.8, 4) is 0 Å². The van der Waals surface area contributed by atoms with E-state index in [1.165, 1.54) is 6.26 Å². The molecule has 3 rings (SSSR count). The maximum absolute atomic E-state index is 11.4. The first-order valence-corrected chi connectivity index (χ1v) is 9.44. The molecule has 2 aromatic rings. The van der Waals surface area contributed by atoms with Crippen LogP contribution in [0, 0.1) is 6.92 Å². The van der Waals surface area contributed by atoms with Crippen molar-refractivity contribution in [3.05, 3.63) is 41.4 Å². The molecule has 126 valence electrons. The van der Waals surface area contributed by atoms with Crippen LogP contribution in [-0.2, 0) is 36.6 Å². The monoisotopic (exact) mass is 338 g/mol. The summed E-state index contributed by atoms with van der Waals surface area (Å²) in [4.78, 5) is 6.66. The van der Waals surface area contributed by atoms with E-state index in [1.807, 2.05) is 37.0 Å². The van der Waals surface area contributed by atoms with Gasteiger partial charge in [-0.2, -0.15) is 0 Å². The first kappa shape index (κ1) is 16.2. The van der Waals surface area contributed by atoms with Gasteiger partial charge in [-0.3, -0.25) is 4.90 Å². The van der Waals surface area contributed by atoms with Gasteiger partial charge < -0.3 is 8.98 Å². The summed E-state index contributed by atoms with van der Waals surface area (Å²) in [5.41, 5.74) is 2.21. The van der Waals surface area contributed by atoms with Crippen molar-refractivity contribution in [1.29, 1.82) is 0 Å². The Morgan fingerprint density at radius 2 is 2.22 bits per heavy atom. The summed E-state index contributed by atoms with van der Waals surface area (Å²) < 4.78 is 33.2. The van der Waals surface area contributed by atoms with Gasteiger partial charge in [0.25, 0.3) is 0 Å². The minimum absolute atomic E-state index is 0.0676. The molecule has 0 fully saturated rings. The fourth-order valence-electron chi connectivity index (χ4n) is 2.98. The van der Waals surface area contributed by atoms with Crippen LogP contribution in [-0.4, -0.2) is 41.7 Å². The second kappa shape index (κ2) is 6.10. The zero-order valence-electron chi connectivity index (χ0n) is 13.6. The molecule has 1 aliphatic rings. The molecule has 0 saturated carbocycles. The largest absolute Gasteiger partial charge is 0.465 e. The van der Waals surface area contributed by atoms with Gasteiger partial charge in [0, 0.05) is 38.3 Å². The zero-order valence-corrected chi connectivity index (χ0v) is 14.4. The Labute approximate surface area is 136 Å². The summed E-state index contributed by atoms with van der Waals surface area (Å²) >= 11 is 0. The van der Waals surface area contributed by atoms with Crippen LogP contribution in [0.3, 0.4) is 0 Å². The van der Waals surface area contributed by atoms with Crippen LogP contribution in [0.2, 0.25) is 0 Å². The predicted octanol–water partition coefficient (Wildman–Crippen LogP) is 0.798. The number of rotatable bonds is 5. The topological polar surface area (TPSA) is 80.4 Å². The zero-order chi connectivity index (χ0) is 16.6.